The Labute approximate surface area is 308 Å². The van der Waals surface area contributed by atoms with Gasteiger partial charge in [-0.1, -0.05) is 0 Å². The molecule has 1 aromatic heterocycles. The zero-order valence-corrected chi connectivity index (χ0v) is 29.3. The van der Waals surface area contributed by atoms with Crippen molar-refractivity contribution in [3.8, 4) is 17.4 Å². The lowest BCUT2D eigenvalue weighted by atomic mass is 10.0. The molecule has 0 aliphatic carbocycles. The van der Waals surface area contributed by atoms with E-state index in [2.05, 4.69) is 15.2 Å². The average Bonchev–Trinajstić information content (AvgIpc) is 3.18. The Balaban J connectivity index is 0.988. The molecule has 1 fully saturated rings. The second-order valence-electron chi connectivity index (χ2n) is 12.5. The first-order valence-electron chi connectivity index (χ1n) is 16.8. The number of methoxy groups -OCH3 is 1. The summed E-state index contributed by atoms with van der Waals surface area (Å²) >= 11 is 0. The van der Waals surface area contributed by atoms with Crippen LogP contribution >= 0.6 is 0 Å². The van der Waals surface area contributed by atoms with Crippen LogP contribution in [0.4, 0.5) is 34.6 Å². The normalized spacial score (nSPS) is 12.9. The number of nitrogens with one attached hydrogen (secondary N) is 1. The van der Waals surface area contributed by atoms with Gasteiger partial charge in [-0.3, -0.25) is 14.4 Å². The predicted molar refractivity (Wildman–Crippen MR) is 195 cm³/mol. The zero-order chi connectivity index (χ0) is 38.4. The molecule has 0 saturated carbocycles. The van der Waals surface area contributed by atoms with Crippen molar-refractivity contribution in [1.29, 1.82) is 0 Å². The second-order valence-corrected chi connectivity index (χ2v) is 12.5. The Morgan fingerprint density at radius 3 is 2.02 bits per heavy atom. The molecule has 6 rings (SSSR count). The van der Waals surface area contributed by atoms with Gasteiger partial charge in [0.1, 0.15) is 5.82 Å². The van der Waals surface area contributed by atoms with Gasteiger partial charge in [-0.2, -0.15) is 13.2 Å². The molecule has 0 atom stereocenters. The number of carbonyl (C=O) groups excluding carboxylic acids is 3. The Hall–Kier alpha value is -6.44. The number of likely N-dealkylation sites (N-methyl/N-ethyl adjacent to an activating group) is 1. The van der Waals surface area contributed by atoms with E-state index in [1.807, 2.05) is 21.9 Å². The van der Waals surface area contributed by atoms with Crippen molar-refractivity contribution in [2.45, 2.75) is 6.18 Å². The molecular formula is C40H35F4N5O5. The molecule has 5 aromatic rings. The van der Waals surface area contributed by atoms with Gasteiger partial charge >= 0.3 is 6.18 Å². The number of halogens is 4. The van der Waals surface area contributed by atoms with Crippen molar-refractivity contribution in [3.63, 3.8) is 0 Å². The molecule has 54 heavy (non-hydrogen) atoms. The number of anilines is 3. The van der Waals surface area contributed by atoms with Gasteiger partial charge in [-0.05, 0) is 91.0 Å². The van der Waals surface area contributed by atoms with Crippen LogP contribution in [-0.2, 0) is 11.0 Å². The lowest BCUT2D eigenvalue weighted by Gasteiger charge is -2.37. The summed E-state index contributed by atoms with van der Waals surface area (Å²) < 4.78 is 63.2. The molecule has 2 heterocycles. The minimum Gasteiger partial charge on any atom is -0.493 e. The number of ether oxygens (including phenoxy) is 2. The van der Waals surface area contributed by atoms with Gasteiger partial charge in [0.25, 0.3) is 5.91 Å². The maximum atomic E-state index is 13.3. The first-order chi connectivity index (χ1) is 25.9. The van der Waals surface area contributed by atoms with E-state index in [1.165, 1.54) is 43.6 Å². The van der Waals surface area contributed by atoms with E-state index in [-0.39, 0.29) is 29.7 Å². The van der Waals surface area contributed by atoms with Gasteiger partial charge in [0.15, 0.2) is 17.3 Å². The SMILES string of the molecule is COc1cc(N(C)CC(=O)N2CCN(c3ccc(C(=O)c4ccc(F)cc4)cc3)CC2)ccc1Oc1ccc(NC(=O)c2ccc(C(F)(F)F)cc2)cn1. The number of aromatic nitrogens is 1. The summed E-state index contributed by atoms with van der Waals surface area (Å²) in [5, 5.41) is 2.59. The van der Waals surface area contributed by atoms with Crippen molar-refractivity contribution in [1.82, 2.24) is 9.88 Å². The van der Waals surface area contributed by atoms with Crippen molar-refractivity contribution in [3.05, 3.63) is 137 Å². The molecule has 10 nitrogen and oxygen atoms in total. The topological polar surface area (TPSA) is 104 Å². The summed E-state index contributed by atoms with van der Waals surface area (Å²) in [7, 11) is 3.29. The fraction of sp³-hybridized carbons (Fsp3) is 0.200. The number of piperazine rings is 1. The molecule has 1 N–H and O–H groups in total. The van der Waals surface area contributed by atoms with Crippen molar-refractivity contribution < 1.29 is 41.4 Å². The minimum absolute atomic E-state index is 0.0358. The molecule has 4 aromatic carbocycles. The monoisotopic (exact) mass is 741 g/mol. The van der Waals surface area contributed by atoms with Gasteiger partial charge in [0.2, 0.25) is 11.8 Å². The highest BCUT2D eigenvalue weighted by atomic mass is 19.4. The number of ketones is 1. The Morgan fingerprint density at radius 2 is 1.43 bits per heavy atom. The number of hydrogen-bond donors (Lipinski definition) is 1. The number of hydrogen-bond acceptors (Lipinski definition) is 8. The summed E-state index contributed by atoms with van der Waals surface area (Å²) in [5.74, 6) is -0.256. The first-order valence-corrected chi connectivity index (χ1v) is 16.8. The molecule has 2 amide bonds. The largest absolute Gasteiger partial charge is 0.493 e. The summed E-state index contributed by atoms with van der Waals surface area (Å²) in [6.45, 7) is 2.44. The predicted octanol–water partition coefficient (Wildman–Crippen LogP) is 7.31. The van der Waals surface area contributed by atoms with E-state index < -0.39 is 23.5 Å². The van der Waals surface area contributed by atoms with Gasteiger partial charge in [0, 0.05) is 73.4 Å². The molecular weight excluding hydrogens is 706 g/mol. The molecule has 0 unspecified atom stereocenters. The van der Waals surface area contributed by atoms with E-state index in [1.54, 1.807) is 43.4 Å². The third-order valence-electron chi connectivity index (χ3n) is 8.88. The molecule has 0 spiro atoms. The minimum atomic E-state index is -4.50. The molecule has 1 aliphatic rings. The van der Waals surface area contributed by atoms with Gasteiger partial charge < -0.3 is 29.5 Å². The van der Waals surface area contributed by atoms with Crippen LogP contribution in [0.3, 0.4) is 0 Å². The quantitative estimate of drug-likeness (QED) is 0.111. The molecule has 278 valence electrons. The summed E-state index contributed by atoms with van der Waals surface area (Å²) in [6.07, 6.45) is -3.14. The summed E-state index contributed by atoms with van der Waals surface area (Å²) in [6, 6.07) is 24.9. The fourth-order valence-corrected chi connectivity index (χ4v) is 5.82. The number of carbonyl (C=O) groups is 3. The second kappa shape index (κ2) is 16.1. The van der Waals surface area contributed by atoms with Gasteiger partial charge in [0.05, 0.1) is 31.1 Å². The number of alkyl halides is 3. The van der Waals surface area contributed by atoms with Crippen LogP contribution in [0.2, 0.25) is 0 Å². The highest BCUT2D eigenvalue weighted by Gasteiger charge is 2.30. The highest BCUT2D eigenvalue weighted by Crippen LogP contribution is 2.35. The first kappa shape index (κ1) is 37.3. The zero-order valence-electron chi connectivity index (χ0n) is 29.3. The van der Waals surface area contributed by atoms with Crippen LogP contribution in [0.15, 0.2) is 109 Å². The molecule has 0 bridgehead atoms. The lowest BCUT2D eigenvalue weighted by Crippen LogP contribution is -2.51. The summed E-state index contributed by atoms with van der Waals surface area (Å²) in [4.78, 5) is 48.5. The Bertz CT molecular complexity index is 2100. The van der Waals surface area contributed by atoms with Crippen LogP contribution in [0.25, 0.3) is 0 Å². The molecule has 1 aliphatic heterocycles. The summed E-state index contributed by atoms with van der Waals surface area (Å²) in [5.41, 5.74) is 2.11. The van der Waals surface area contributed by atoms with Crippen molar-refractivity contribution in [2.75, 3.05) is 62.0 Å². The average molecular weight is 742 g/mol. The maximum absolute atomic E-state index is 13.3. The van der Waals surface area contributed by atoms with E-state index in [4.69, 9.17) is 9.47 Å². The number of benzene rings is 4. The lowest BCUT2D eigenvalue weighted by molar-refractivity contribution is -0.137. The Morgan fingerprint density at radius 1 is 0.796 bits per heavy atom. The van der Waals surface area contributed by atoms with Crippen LogP contribution in [0.1, 0.15) is 31.8 Å². The standard InChI is InChI=1S/C40H35F4N5O5/c1-47(25-37(50)49-21-19-48(20-22-49)32-14-7-27(8-15-32)38(51)26-5-11-30(41)12-6-26)33-16-17-34(35(23-33)53-2)54-36-18-13-31(24-45-36)46-39(52)28-3-9-29(10-4-28)40(42,43)44/h3-18,23-24H,19-22,25H2,1-2H3,(H,46,52). The smallest absolute Gasteiger partial charge is 0.416 e. The highest BCUT2D eigenvalue weighted by molar-refractivity contribution is 6.09. The van der Waals surface area contributed by atoms with Crippen molar-refractivity contribution in [2.24, 2.45) is 0 Å². The maximum Gasteiger partial charge on any atom is 0.416 e. The third kappa shape index (κ3) is 8.95. The van der Waals surface area contributed by atoms with Gasteiger partial charge in [-0.25, -0.2) is 9.37 Å². The number of amides is 2. The number of nitrogens with zero attached hydrogens (tertiary/aromatic N) is 4. The van der Waals surface area contributed by atoms with Crippen LogP contribution in [0.5, 0.6) is 17.4 Å². The van der Waals surface area contributed by atoms with Crippen LogP contribution in [-0.4, -0.2) is 74.4 Å². The third-order valence-corrected chi connectivity index (χ3v) is 8.88. The van der Waals surface area contributed by atoms with Crippen LogP contribution < -0.4 is 24.6 Å². The van der Waals surface area contributed by atoms with E-state index >= 15 is 0 Å². The molecule has 0 radical (unpaired) electrons. The van der Waals surface area contributed by atoms with Crippen LogP contribution in [0, 0.1) is 5.82 Å². The van der Waals surface area contributed by atoms with E-state index in [9.17, 15) is 31.9 Å². The number of rotatable bonds is 11. The Kier molecular flexibility index (Phi) is 11.1. The van der Waals surface area contributed by atoms with Crippen molar-refractivity contribution >= 4 is 34.7 Å². The molecule has 1 saturated heterocycles. The number of pyridine rings is 1. The van der Waals surface area contributed by atoms with E-state index in [0.717, 1.165) is 35.6 Å². The molecule has 14 heteroatoms. The fourth-order valence-electron chi connectivity index (χ4n) is 5.82. The van der Waals surface area contributed by atoms with E-state index in [0.29, 0.717) is 54.5 Å². The van der Waals surface area contributed by atoms with Gasteiger partial charge in [-0.15, -0.1) is 0 Å².